The number of rotatable bonds is 9. The number of furan rings is 1. The molecule has 73 heavy (non-hydrogen) atoms. The van der Waals surface area contributed by atoms with E-state index < -0.39 is 0 Å². The average molecular weight is 931 g/mol. The predicted octanol–water partition coefficient (Wildman–Crippen LogP) is 20.1. The maximum Gasteiger partial charge on any atom is 0.138 e. The van der Waals surface area contributed by atoms with Crippen LogP contribution in [0.1, 0.15) is 0 Å². The van der Waals surface area contributed by atoms with Gasteiger partial charge in [0.25, 0.3) is 0 Å². The molecule has 0 atom stereocenters. The lowest BCUT2D eigenvalue weighted by Crippen LogP contribution is -2.11. The number of hydrogen-bond acceptors (Lipinski definition) is 3. The smallest absolute Gasteiger partial charge is 0.138 e. The van der Waals surface area contributed by atoms with Crippen molar-refractivity contribution in [3.05, 3.63) is 279 Å². The van der Waals surface area contributed by atoms with Gasteiger partial charge in [-0.15, -0.1) is 0 Å². The van der Waals surface area contributed by atoms with E-state index >= 15 is 0 Å². The van der Waals surface area contributed by atoms with Crippen molar-refractivity contribution in [1.29, 1.82) is 0 Å². The van der Waals surface area contributed by atoms with Gasteiger partial charge in [0, 0.05) is 55.7 Å². The maximum absolute atomic E-state index is 6.79. The second kappa shape index (κ2) is 17.6. The summed E-state index contributed by atoms with van der Waals surface area (Å²) in [5, 5.41) is 11.7. The van der Waals surface area contributed by atoms with Crippen LogP contribution in [0.25, 0.3) is 98.4 Å². The molecule has 0 aliphatic heterocycles. The molecule has 0 fully saturated rings. The largest absolute Gasteiger partial charge is 0.456 e. The Morgan fingerprint density at radius 3 is 1.21 bits per heavy atom. The van der Waals surface area contributed by atoms with Crippen LogP contribution >= 0.6 is 0 Å². The molecule has 0 bridgehead atoms. The molecule has 3 nitrogen and oxygen atoms in total. The maximum atomic E-state index is 6.79. The fraction of sp³-hybridized carbons (Fsp3) is 0. The highest BCUT2D eigenvalue weighted by Gasteiger charge is 2.25. The second-order valence-corrected chi connectivity index (χ2v) is 18.8. The van der Waals surface area contributed by atoms with E-state index in [9.17, 15) is 0 Å². The average Bonchev–Trinajstić information content (AvgIpc) is 3.86. The molecule has 14 aromatic rings. The van der Waals surface area contributed by atoms with Crippen molar-refractivity contribution >= 4 is 99.2 Å². The standard InChI is InChI=1S/C70H46N2O/c1-4-18-47(19-5-1)49-32-39-55(40-33-49)72(56-41-34-50(35-42-56)48-20-6-2-7-21-48)70-62-30-16-14-28-60(62)67(61-29-15-17-31-63(61)70)52-36-43-54(44-37-52)71(53-23-8-3-9-24-53)64-46-66-69(59-27-13-12-26-58(59)64)68-57-25-11-10-22-51(57)38-45-65(68)73-66/h1-46H. The molecule has 0 spiro atoms. The molecule has 0 saturated heterocycles. The Labute approximate surface area is 423 Å². The van der Waals surface area contributed by atoms with Gasteiger partial charge in [0.15, 0.2) is 0 Å². The van der Waals surface area contributed by atoms with E-state index in [0.717, 1.165) is 72.4 Å². The van der Waals surface area contributed by atoms with Crippen LogP contribution in [0.15, 0.2) is 283 Å². The normalized spacial score (nSPS) is 11.6. The van der Waals surface area contributed by atoms with Gasteiger partial charge in [-0.2, -0.15) is 0 Å². The Kier molecular flexibility index (Phi) is 10.2. The summed E-state index contributed by atoms with van der Waals surface area (Å²) in [6.45, 7) is 0. The third-order valence-corrected chi connectivity index (χ3v) is 14.6. The Morgan fingerprint density at radius 1 is 0.247 bits per heavy atom. The minimum atomic E-state index is 0.865. The zero-order valence-electron chi connectivity index (χ0n) is 39.9. The van der Waals surface area contributed by atoms with Gasteiger partial charge in [-0.1, -0.05) is 218 Å². The molecule has 13 aromatic carbocycles. The van der Waals surface area contributed by atoms with Crippen molar-refractivity contribution in [2.75, 3.05) is 9.80 Å². The first kappa shape index (κ1) is 42.2. The van der Waals surface area contributed by atoms with E-state index in [1.807, 2.05) is 0 Å². The lowest BCUT2D eigenvalue weighted by atomic mass is 9.89. The molecule has 0 aliphatic carbocycles. The minimum Gasteiger partial charge on any atom is -0.456 e. The van der Waals surface area contributed by atoms with Crippen LogP contribution in [0, 0.1) is 0 Å². The van der Waals surface area contributed by atoms with Gasteiger partial charge in [-0.05, 0) is 115 Å². The zero-order chi connectivity index (χ0) is 48.2. The van der Waals surface area contributed by atoms with Crippen LogP contribution in [-0.2, 0) is 0 Å². The molecular formula is C70H46N2O. The highest BCUT2D eigenvalue weighted by Crippen LogP contribution is 2.50. The highest BCUT2D eigenvalue weighted by molar-refractivity contribution is 6.28. The Morgan fingerprint density at radius 2 is 0.644 bits per heavy atom. The number of benzene rings is 13. The van der Waals surface area contributed by atoms with Crippen molar-refractivity contribution in [1.82, 2.24) is 0 Å². The number of fused-ring (bicyclic) bond motifs is 9. The fourth-order valence-corrected chi connectivity index (χ4v) is 11.3. The first-order chi connectivity index (χ1) is 36.2. The van der Waals surface area contributed by atoms with Crippen molar-refractivity contribution in [2.45, 2.75) is 0 Å². The van der Waals surface area contributed by atoms with Gasteiger partial charge in [-0.3, -0.25) is 0 Å². The van der Waals surface area contributed by atoms with Crippen LogP contribution in [-0.4, -0.2) is 0 Å². The third kappa shape index (κ3) is 7.21. The highest BCUT2D eigenvalue weighted by atomic mass is 16.3. The second-order valence-electron chi connectivity index (χ2n) is 18.8. The Hall–Kier alpha value is -9.70. The van der Waals surface area contributed by atoms with E-state index in [0.29, 0.717) is 0 Å². The van der Waals surface area contributed by atoms with E-state index in [1.165, 1.54) is 60.1 Å². The summed E-state index contributed by atoms with van der Waals surface area (Å²) < 4.78 is 6.79. The van der Waals surface area contributed by atoms with Crippen LogP contribution < -0.4 is 9.80 Å². The van der Waals surface area contributed by atoms with Gasteiger partial charge in [0.05, 0.1) is 11.4 Å². The summed E-state index contributed by atoms with van der Waals surface area (Å²) in [4.78, 5) is 4.82. The van der Waals surface area contributed by atoms with E-state index in [4.69, 9.17) is 4.42 Å². The molecule has 0 aliphatic rings. The van der Waals surface area contributed by atoms with Gasteiger partial charge < -0.3 is 14.2 Å². The lowest BCUT2D eigenvalue weighted by molar-refractivity contribution is 0.669. The van der Waals surface area contributed by atoms with Gasteiger partial charge in [0.1, 0.15) is 11.2 Å². The third-order valence-electron chi connectivity index (χ3n) is 14.6. The van der Waals surface area contributed by atoms with E-state index in [2.05, 4.69) is 289 Å². The minimum absolute atomic E-state index is 0.865. The summed E-state index contributed by atoms with van der Waals surface area (Å²) in [5.74, 6) is 0. The molecule has 3 heteroatoms. The van der Waals surface area contributed by atoms with E-state index in [-0.39, 0.29) is 0 Å². The fourth-order valence-electron chi connectivity index (χ4n) is 11.3. The first-order valence-electron chi connectivity index (χ1n) is 25.0. The summed E-state index contributed by atoms with van der Waals surface area (Å²) >= 11 is 0. The van der Waals surface area contributed by atoms with Crippen LogP contribution in [0.2, 0.25) is 0 Å². The first-order valence-corrected chi connectivity index (χ1v) is 25.0. The molecule has 342 valence electrons. The van der Waals surface area contributed by atoms with Crippen LogP contribution in [0.4, 0.5) is 34.1 Å². The molecule has 1 heterocycles. The topological polar surface area (TPSA) is 19.6 Å². The van der Waals surface area contributed by atoms with Crippen molar-refractivity contribution in [3.8, 4) is 33.4 Å². The van der Waals surface area contributed by atoms with Crippen LogP contribution in [0.5, 0.6) is 0 Å². The molecule has 1 aromatic heterocycles. The summed E-state index contributed by atoms with van der Waals surface area (Å²) in [6, 6.07) is 101. The SMILES string of the molecule is c1ccc(-c2ccc(N(c3ccc(-c4ccccc4)cc3)c3c4ccccc4c(-c4ccc(N(c5ccccc5)c5cc6oc7ccc8ccccc8c7c6c6ccccc56)cc4)c4ccccc34)cc2)cc1. The lowest BCUT2D eigenvalue weighted by Gasteiger charge is -2.30. The van der Waals surface area contributed by atoms with Crippen molar-refractivity contribution < 1.29 is 4.42 Å². The predicted molar refractivity (Wildman–Crippen MR) is 309 cm³/mol. The molecular weight excluding hydrogens is 885 g/mol. The van der Waals surface area contributed by atoms with Gasteiger partial charge >= 0.3 is 0 Å². The molecule has 0 saturated carbocycles. The summed E-state index contributed by atoms with van der Waals surface area (Å²) in [6.07, 6.45) is 0. The van der Waals surface area contributed by atoms with Crippen molar-refractivity contribution in [2.24, 2.45) is 0 Å². The monoisotopic (exact) mass is 930 g/mol. The Balaban J connectivity index is 0.936. The van der Waals surface area contributed by atoms with Crippen molar-refractivity contribution in [3.63, 3.8) is 0 Å². The molecule has 0 unspecified atom stereocenters. The summed E-state index contributed by atoms with van der Waals surface area (Å²) in [5.41, 5.74) is 15.3. The molecule has 0 radical (unpaired) electrons. The molecule has 14 rings (SSSR count). The number of nitrogens with zero attached hydrogens (tertiary/aromatic N) is 2. The summed E-state index contributed by atoms with van der Waals surface area (Å²) in [7, 11) is 0. The quantitative estimate of drug-likeness (QED) is 0.135. The van der Waals surface area contributed by atoms with E-state index in [1.54, 1.807) is 0 Å². The number of anilines is 6. The molecule has 0 N–H and O–H groups in total. The zero-order valence-corrected chi connectivity index (χ0v) is 39.9. The molecule has 0 amide bonds. The van der Waals surface area contributed by atoms with Gasteiger partial charge in [0.2, 0.25) is 0 Å². The van der Waals surface area contributed by atoms with Crippen LogP contribution in [0.3, 0.4) is 0 Å². The number of hydrogen-bond donors (Lipinski definition) is 0. The van der Waals surface area contributed by atoms with Gasteiger partial charge in [-0.25, -0.2) is 0 Å². The Bertz CT molecular complexity index is 4200. The number of para-hydroxylation sites is 1.